The summed E-state index contributed by atoms with van der Waals surface area (Å²) >= 11 is 0. The van der Waals surface area contributed by atoms with E-state index >= 15 is 0 Å². The first-order chi connectivity index (χ1) is 4.84. The van der Waals surface area contributed by atoms with Gasteiger partial charge in [-0.1, -0.05) is 13.3 Å². The standard InChI is InChI=1S/C8H17NO/c1-7-3-2-4-8(7)9-5-6-10/h7-10H,2-6H2,1H3/t7-,8-/m0/s1. The number of rotatable bonds is 3. The molecule has 1 rings (SSSR count). The summed E-state index contributed by atoms with van der Waals surface area (Å²) in [5.41, 5.74) is 0. The molecule has 0 heterocycles. The Morgan fingerprint density at radius 3 is 2.80 bits per heavy atom. The van der Waals surface area contributed by atoms with Crippen LogP contribution >= 0.6 is 0 Å². The maximum absolute atomic E-state index is 8.55. The number of hydrogen-bond donors (Lipinski definition) is 2. The molecule has 0 spiro atoms. The second-order valence-corrected chi connectivity index (χ2v) is 3.19. The minimum atomic E-state index is 0.267. The highest BCUT2D eigenvalue weighted by molar-refractivity contribution is 4.79. The lowest BCUT2D eigenvalue weighted by molar-refractivity contribution is 0.277. The normalized spacial score (nSPS) is 33.0. The van der Waals surface area contributed by atoms with Gasteiger partial charge in [0.15, 0.2) is 0 Å². The summed E-state index contributed by atoms with van der Waals surface area (Å²) in [6.45, 7) is 3.31. The zero-order valence-corrected chi connectivity index (χ0v) is 6.64. The van der Waals surface area contributed by atoms with E-state index < -0.39 is 0 Å². The Balaban J connectivity index is 2.14. The monoisotopic (exact) mass is 143 g/mol. The topological polar surface area (TPSA) is 32.3 Å². The third kappa shape index (κ3) is 1.96. The first kappa shape index (κ1) is 8.02. The molecule has 2 atom stereocenters. The lowest BCUT2D eigenvalue weighted by Gasteiger charge is -2.15. The average Bonchev–Trinajstić information content (AvgIpc) is 2.31. The van der Waals surface area contributed by atoms with Crippen molar-refractivity contribution in [3.05, 3.63) is 0 Å². The van der Waals surface area contributed by atoms with Crippen molar-refractivity contribution in [1.82, 2.24) is 5.32 Å². The molecule has 2 heteroatoms. The smallest absolute Gasteiger partial charge is 0.0556 e. The summed E-state index contributed by atoms with van der Waals surface area (Å²) in [7, 11) is 0. The quantitative estimate of drug-likeness (QED) is 0.611. The highest BCUT2D eigenvalue weighted by atomic mass is 16.3. The largest absolute Gasteiger partial charge is 0.395 e. The molecule has 0 aliphatic heterocycles. The van der Waals surface area contributed by atoms with Crippen LogP contribution < -0.4 is 5.32 Å². The molecule has 2 nitrogen and oxygen atoms in total. The van der Waals surface area contributed by atoms with Crippen molar-refractivity contribution in [2.75, 3.05) is 13.2 Å². The van der Waals surface area contributed by atoms with E-state index in [4.69, 9.17) is 5.11 Å². The molecule has 0 aromatic heterocycles. The maximum atomic E-state index is 8.55. The molecular weight excluding hydrogens is 126 g/mol. The van der Waals surface area contributed by atoms with Gasteiger partial charge in [0.25, 0.3) is 0 Å². The molecule has 0 aromatic carbocycles. The van der Waals surface area contributed by atoms with Gasteiger partial charge in [-0.15, -0.1) is 0 Å². The van der Waals surface area contributed by atoms with Crippen LogP contribution in [-0.2, 0) is 0 Å². The zero-order chi connectivity index (χ0) is 7.40. The lowest BCUT2D eigenvalue weighted by Crippen LogP contribution is -2.33. The third-order valence-corrected chi connectivity index (χ3v) is 2.38. The summed E-state index contributed by atoms with van der Waals surface area (Å²) < 4.78 is 0. The van der Waals surface area contributed by atoms with Gasteiger partial charge in [-0.3, -0.25) is 0 Å². The molecule has 0 unspecified atom stereocenters. The van der Waals surface area contributed by atoms with E-state index in [-0.39, 0.29) is 6.61 Å². The molecule has 60 valence electrons. The SMILES string of the molecule is C[C@H]1CCC[C@@H]1NCCO. The minimum absolute atomic E-state index is 0.267. The highest BCUT2D eigenvalue weighted by Crippen LogP contribution is 2.24. The van der Waals surface area contributed by atoms with Crippen molar-refractivity contribution in [1.29, 1.82) is 0 Å². The second-order valence-electron chi connectivity index (χ2n) is 3.19. The van der Waals surface area contributed by atoms with Gasteiger partial charge in [-0.05, 0) is 18.8 Å². The Kier molecular flexibility index (Phi) is 3.16. The Morgan fingerprint density at radius 1 is 1.50 bits per heavy atom. The Labute approximate surface area is 62.6 Å². The lowest BCUT2D eigenvalue weighted by atomic mass is 10.1. The first-order valence-electron chi connectivity index (χ1n) is 4.19. The predicted molar refractivity (Wildman–Crippen MR) is 41.9 cm³/mol. The molecule has 0 aromatic rings. The third-order valence-electron chi connectivity index (χ3n) is 2.38. The summed E-state index contributed by atoms with van der Waals surface area (Å²) in [4.78, 5) is 0. The van der Waals surface area contributed by atoms with E-state index in [1.54, 1.807) is 0 Å². The van der Waals surface area contributed by atoms with E-state index in [1.807, 2.05) is 0 Å². The van der Waals surface area contributed by atoms with Crippen LogP contribution in [0.25, 0.3) is 0 Å². The molecule has 0 saturated heterocycles. The van der Waals surface area contributed by atoms with Crippen LogP contribution in [-0.4, -0.2) is 24.3 Å². The minimum Gasteiger partial charge on any atom is -0.395 e. The van der Waals surface area contributed by atoms with Crippen molar-refractivity contribution in [3.63, 3.8) is 0 Å². The molecule has 0 amide bonds. The predicted octanol–water partition coefficient (Wildman–Crippen LogP) is 0.757. The average molecular weight is 143 g/mol. The summed E-state index contributed by atoms with van der Waals surface area (Å²) in [5.74, 6) is 0.812. The van der Waals surface area contributed by atoms with Crippen molar-refractivity contribution in [3.8, 4) is 0 Å². The van der Waals surface area contributed by atoms with E-state index in [2.05, 4.69) is 12.2 Å². The fourth-order valence-corrected chi connectivity index (χ4v) is 1.70. The summed E-state index contributed by atoms with van der Waals surface area (Å²) in [5, 5.41) is 11.9. The van der Waals surface area contributed by atoms with Crippen LogP contribution in [0.3, 0.4) is 0 Å². The van der Waals surface area contributed by atoms with E-state index in [1.165, 1.54) is 19.3 Å². The fraction of sp³-hybridized carbons (Fsp3) is 1.00. The van der Waals surface area contributed by atoms with Gasteiger partial charge in [0.1, 0.15) is 0 Å². The number of hydrogen-bond acceptors (Lipinski definition) is 2. The fourth-order valence-electron chi connectivity index (χ4n) is 1.70. The number of aliphatic hydroxyl groups is 1. The molecule has 2 N–H and O–H groups in total. The van der Waals surface area contributed by atoms with Gasteiger partial charge in [-0.2, -0.15) is 0 Å². The van der Waals surface area contributed by atoms with Crippen LogP contribution in [0.15, 0.2) is 0 Å². The van der Waals surface area contributed by atoms with Crippen LogP contribution in [0.2, 0.25) is 0 Å². The molecular formula is C8H17NO. The van der Waals surface area contributed by atoms with Crippen LogP contribution in [0.4, 0.5) is 0 Å². The summed E-state index contributed by atoms with van der Waals surface area (Å²) in [6, 6.07) is 0.673. The highest BCUT2D eigenvalue weighted by Gasteiger charge is 2.21. The molecule has 10 heavy (non-hydrogen) atoms. The van der Waals surface area contributed by atoms with Gasteiger partial charge < -0.3 is 10.4 Å². The van der Waals surface area contributed by atoms with Crippen molar-refractivity contribution in [2.45, 2.75) is 32.2 Å². The van der Waals surface area contributed by atoms with E-state index in [9.17, 15) is 0 Å². The maximum Gasteiger partial charge on any atom is 0.0556 e. The van der Waals surface area contributed by atoms with Crippen molar-refractivity contribution >= 4 is 0 Å². The van der Waals surface area contributed by atoms with Crippen molar-refractivity contribution < 1.29 is 5.11 Å². The van der Waals surface area contributed by atoms with E-state index in [0.29, 0.717) is 6.04 Å². The van der Waals surface area contributed by atoms with Crippen LogP contribution in [0.5, 0.6) is 0 Å². The van der Waals surface area contributed by atoms with Gasteiger partial charge in [0, 0.05) is 12.6 Å². The molecule has 0 bridgehead atoms. The number of aliphatic hydroxyl groups excluding tert-OH is 1. The Bertz CT molecular complexity index is 95.3. The van der Waals surface area contributed by atoms with Gasteiger partial charge in [-0.25, -0.2) is 0 Å². The zero-order valence-electron chi connectivity index (χ0n) is 6.64. The molecule has 1 aliphatic rings. The van der Waals surface area contributed by atoms with Crippen molar-refractivity contribution in [2.24, 2.45) is 5.92 Å². The Morgan fingerprint density at radius 2 is 2.30 bits per heavy atom. The van der Waals surface area contributed by atoms with Crippen LogP contribution in [0.1, 0.15) is 26.2 Å². The van der Waals surface area contributed by atoms with Gasteiger partial charge in [0.2, 0.25) is 0 Å². The molecule has 1 saturated carbocycles. The molecule has 1 fully saturated rings. The molecule has 0 radical (unpaired) electrons. The Hall–Kier alpha value is -0.0800. The van der Waals surface area contributed by atoms with Gasteiger partial charge in [0.05, 0.1) is 6.61 Å². The molecule has 1 aliphatic carbocycles. The second kappa shape index (κ2) is 3.94. The van der Waals surface area contributed by atoms with E-state index in [0.717, 1.165) is 12.5 Å². The first-order valence-corrected chi connectivity index (χ1v) is 4.19. The summed E-state index contributed by atoms with van der Waals surface area (Å²) in [6.07, 6.45) is 3.99. The number of nitrogens with one attached hydrogen (secondary N) is 1. The van der Waals surface area contributed by atoms with Gasteiger partial charge >= 0.3 is 0 Å². The van der Waals surface area contributed by atoms with Crippen LogP contribution in [0, 0.1) is 5.92 Å².